The first-order chi connectivity index (χ1) is 4.88. The minimum absolute atomic E-state index is 0. The van der Waals surface area contributed by atoms with Gasteiger partial charge >= 0.3 is 23.1 Å². The average molecular weight is 234 g/mol. The Morgan fingerprint density at radius 1 is 1.33 bits per heavy atom. The molecule has 0 aliphatic rings. The average Bonchev–Trinajstić information content (AvgIpc) is 2.34. The van der Waals surface area contributed by atoms with Crippen molar-refractivity contribution in [1.29, 1.82) is 0 Å². The molecule has 3 heteroatoms. The van der Waals surface area contributed by atoms with E-state index in [1.165, 1.54) is 10.9 Å². The number of halogens is 1. The number of aromatic nitrogens is 1. The number of benzene rings is 1. The van der Waals surface area contributed by atoms with Crippen LogP contribution in [0.25, 0.3) is 10.9 Å². The van der Waals surface area contributed by atoms with Gasteiger partial charge in [-0.1, -0.05) is 11.6 Å². The van der Waals surface area contributed by atoms with E-state index < -0.39 is 0 Å². The molecule has 0 saturated carbocycles. The van der Waals surface area contributed by atoms with Gasteiger partial charge < -0.3 is 21.5 Å². The van der Waals surface area contributed by atoms with E-state index in [4.69, 9.17) is 0 Å². The van der Waals surface area contributed by atoms with E-state index in [1.807, 2.05) is 19.2 Å². The SMILES string of the molecule is Cn1ccc2c[c-]ccc21.[Br-].[Mg+2]. The van der Waals surface area contributed by atoms with Gasteiger partial charge in [0.25, 0.3) is 0 Å². The molecule has 1 heterocycles. The number of fused-ring (bicyclic) bond motifs is 1. The Kier molecular flexibility index (Phi) is 4.90. The van der Waals surface area contributed by atoms with Gasteiger partial charge in [-0.3, -0.25) is 0 Å². The Hall–Kier alpha value is 0.00623. The van der Waals surface area contributed by atoms with Crippen LogP contribution in [0.4, 0.5) is 0 Å². The van der Waals surface area contributed by atoms with Crippen LogP contribution in [0.5, 0.6) is 0 Å². The van der Waals surface area contributed by atoms with Crippen LogP contribution in [0.1, 0.15) is 0 Å². The molecule has 0 aliphatic carbocycles. The van der Waals surface area contributed by atoms with E-state index in [0.29, 0.717) is 0 Å². The second kappa shape index (κ2) is 4.89. The van der Waals surface area contributed by atoms with Crippen LogP contribution >= 0.6 is 0 Å². The molecule has 1 aromatic heterocycles. The fourth-order valence-electron chi connectivity index (χ4n) is 1.16. The predicted octanol–water partition coefficient (Wildman–Crippen LogP) is -1.40. The molecule has 0 saturated heterocycles. The van der Waals surface area contributed by atoms with Crippen LogP contribution in [-0.4, -0.2) is 27.6 Å². The van der Waals surface area contributed by atoms with Crippen LogP contribution in [0, 0.1) is 6.07 Å². The molecule has 0 N–H and O–H groups in total. The zero-order chi connectivity index (χ0) is 6.97. The summed E-state index contributed by atoms with van der Waals surface area (Å²) in [6, 6.07) is 11.1. The summed E-state index contributed by atoms with van der Waals surface area (Å²) in [4.78, 5) is 0. The van der Waals surface area contributed by atoms with Gasteiger partial charge in [-0.15, -0.1) is 11.5 Å². The van der Waals surface area contributed by atoms with E-state index in [2.05, 4.69) is 29.0 Å². The van der Waals surface area contributed by atoms with Crippen molar-refractivity contribution in [2.24, 2.45) is 7.05 Å². The summed E-state index contributed by atoms with van der Waals surface area (Å²) in [7, 11) is 2.04. The summed E-state index contributed by atoms with van der Waals surface area (Å²) in [5, 5.41) is 1.25. The van der Waals surface area contributed by atoms with Gasteiger partial charge in [0, 0.05) is 7.05 Å². The summed E-state index contributed by atoms with van der Waals surface area (Å²) in [6.07, 6.45) is 2.05. The molecule has 1 aromatic carbocycles. The molecule has 0 amide bonds. The summed E-state index contributed by atoms with van der Waals surface area (Å²) in [5.74, 6) is 0. The zero-order valence-corrected chi connectivity index (χ0v) is 9.92. The van der Waals surface area contributed by atoms with Gasteiger partial charge in [-0.2, -0.15) is 18.2 Å². The Balaban J connectivity index is 0.000000605. The zero-order valence-electron chi connectivity index (χ0n) is 6.92. The van der Waals surface area contributed by atoms with Crippen LogP contribution in [0.15, 0.2) is 30.5 Å². The molecule has 0 bridgehead atoms. The van der Waals surface area contributed by atoms with E-state index in [9.17, 15) is 0 Å². The summed E-state index contributed by atoms with van der Waals surface area (Å²) in [5.41, 5.74) is 1.26. The van der Waals surface area contributed by atoms with E-state index in [-0.39, 0.29) is 40.0 Å². The fraction of sp³-hybridized carbons (Fsp3) is 0.111. The molecule has 2 rings (SSSR count). The maximum Gasteiger partial charge on any atom is 2.00 e. The van der Waals surface area contributed by atoms with Gasteiger partial charge in [0.05, 0.1) is 0 Å². The largest absolute Gasteiger partial charge is 2.00 e. The van der Waals surface area contributed by atoms with Crippen molar-refractivity contribution < 1.29 is 17.0 Å². The Morgan fingerprint density at radius 2 is 2.08 bits per heavy atom. The van der Waals surface area contributed by atoms with Crippen molar-refractivity contribution in [3.05, 3.63) is 36.5 Å². The van der Waals surface area contributed by atoms with Crippen LogP contribution in [-0.2, 0) is 7.05 Å². The normalized spacial score (nSPS) is 8.75. The number of rotatable bonds is 0. The first-order valence-electron chi connectivity index (χ1n) is 3.29. The monoisotopic (exact) mass is 233 g/mol. The molecule has 12 heavy (non-hydrogen) atoms. The summed E-state index contributed by atoms with van der Waals surface area (Å²) < 4.78 is 2.10. The molecule has 0 fully saturated rings. The minimum Gasteiger partial charge on any atom is -1.00 e. The molecule has 0 aliphatic heterocycles. The third-order valence-corrected chi connectivity index (χ3v) is 1.73. The van der Waals surface area contributed by atoms with Gasteiger partial charge in [-0.05, 0) is 6.20 Å². The molecule has 1 nitrogen and oxygen atoms in total. The first-order valence-corrected chi connectivity index (χ1v) is 3.29. The van der Waals surface area contributed by atoms with Crippen molar-refractivity contribution in [3.8, 4) is 0 Å². The number of hydrogen-bond acceptors (Lipinski definition) is 0. The van der Waals surface area contributed by atoms with Gasteiger partial charge in [0.2, 0.25) is 0 Å². The Morgan fingerprint density at radius 3 is 2.75 bits per heavy atom. The van der Waals surface area contributed by atoms with Crippen molar-refractivity contribution >= 4 is 34.0 Å². The van der Waals surface area contributed by atoms with Gasteiger partial charge in [0.1, 0.15) is 0 Å². The second-order valence-electron chi connectivity index (χ2n) is 2.41. The van der Waals surface area contributed by atoms with Gasteiger partial charge in [0.15, 0.2) is 0 Å². The topological polar surface area (TPSA) is 4.93 Å². The molecular weight excluding hydrogens is 226 g/mol. The van der Waals surface area contributed by atoms with Crippen molar-refractivity contribution in [2.45, 2.75) is 0 Å². The Bertz CT molecular complexity index is 356. The molecule has 2 aromatic rings. The van der Waals surface area contributed by atoms with Crippen LogP contribution in [0.3, 0.4) is 0 Å². The van der Waals surface area contributed by atoms with Crippen LogP contribution < -0.4 is 17.0 Å². The van der Waals surface area contributed by atoms with E-state index >= 15 is 0 Å². The van der Waals surface area contributed by atoms with E-state index in [0.717, 1.165) is 0 Å². The summed E-state index contributed by atoms with van der Waals surface area (Å²) in [6.45, 7) is 0. The van der Waals surface area contributed by atoms with E-state index in [1.54, 1.807) is 0 Å². The molecule has 58 valence electrons. The third kappa shape index (κ3) is 2.03. The van der Waals surface area contributed by atoms with Crippen molar-refractivity contribution in [2.75, 3.05) is 0 Å². The Labute approximate surface area is 98.7 Å². The maximum absolute atomic E-state index is 3.04. The number of nitrogens with zero attached hydrogens (tertiary/aromatic N) is 1. The molecule has 0 atom stereocenters. The summed E-state index contributed by atoms with van der Waals surface area (Å²) >= 11 is 0. The maximum atomic E-state index is 3.04. The minimum atomic E-state index is 0. The number of hydrogen-bond donors (Lipinski definition) is 0. The fourth-order valence-corrected chi connectivity index (χ4v) is 1.16. The van der Waals surface area contributed by atoms with Gasteiger partial charge in [-0.25, -0.2) is 0 Å². The van der Waals surface area contributed by atoms with Crippen molar-refractivity contribution in [1.82, 2.24) is 4.57 Å². The molecule has 0 spiro atoms. The second-order valence-corrected chi connectivity index (χ2v) is 2.41. The third-order valence-electron chi connectivity index (χ3n) is 1.73. The molecular formula is C9H8BrMgN. The molecule has 0 radical (unpaired) electrons. The standard InChI is InChI=1S/C9H8N.BrH.Mg/c1-10-7-6-8-4-2-3-5-9(8)10;;/h3-7H,1H3;1H;/q-1;;+2/p-1. The molecule has 0 unspecified atom stereocenters. The van der Waals surface area contributed by atoms with Crippen molar-refractivity contribution in [3.63, 3.8) is 0 Å². The van der Waals surface area contributed by atoms with Crippen LogP contribution in [0.2, 0.25) is 0 Å². The quantitative estimate of drug-likeness (QED) is 0.390. The number of aryl methyl sites for hydroxylation is 1. The predicted molar refractivity (Wildman–Crippen MR) is 47.5 cm³/mol. The first kappa shape index (κ1) is 12.0. The smallest absolute Gasteiger partial charge is 1.00 e.